The van der Waals surface area contributed by atoms with Crippen molar-refractivity contribution in [2.24, 2.45) is 4.99 Å². The molecular weight excluding hydrogens is 320 g/mol. The van der Waals surface area contributed by atoms with Gasteiger partial charge in [0, 0.05) is 20.3 Å². The first-order valence-electron chi connectivity index (χ1n) is 9.20. The number of aromatic nitrogens is 1. The molecule has 1 aromatic heterocycles. The molecule has 0 amide bonds. The third-order valence-electron chi connectivity index (χ3n) is 3.80. The molecular formula is C22H32N4. The summed E-state index contributed by atoms with van der Waals surface area (Å²) in [4.78, 5) is 10.8. The van der Waals surface area contributed by atoms with Crippen molar-refractivity contribution < 1.29 is 0 Å². The van der Waals surface area contributed by atoms with Crippen molar-refractivity contribution in [3.8, 4) is 6.07 Å². The predicted molar refractivity (Wildman–Crippen MR) is 111 cm³/mol. The Labute approximate surface area is 159 Å². The molecule has 0 aliphatic heterocycles. The van der Waals surface area contributed by atoms with E-state index in [4.69, 9.17) is 0 Å². The summed E-state index contributed by atoms with van der Waals surface area (Å²) in [6.07, 6.45) is 1.76. The van der Waals surface area contributed by atoms with Gasteiger partial charge in [0.2, 0.25) is 0 Å². The average Bonchev–Trinajstić information content (AvgIpc) is 2.71. The summed E-state index contributed by atoms with van der Waals surface area (Å²) in [5.74, 6) is 0.804. The molecule has 0 N–H and O–H groups in total. The van der Waals surface area contributed by atoms with Crippen molar-refractivity contribution in [3.63, 3.8) is 0 Å². The Morgan fingerprint density at radius 2 is 1.81 bits per heavy atom. The zero-order chi connectivity index (χ0) is 20.1. The zero-order valence-electron chi connectivity index (χ0n) is 17.4. The SMILES string of the molecule is CC.CC.CN=C(c1ccccn1)N(C)C(C)c1cc(C)ccc1C#N. The summed E-state index contributed by atoms with van der Waals surface area (Å²) in [6.45, 7) is 12.1. The average molecular weight is 353 g/mol. The molecule has 0 fully saturated rings. The summed E-state index contributed by atoms with van der Waals surface area (Å²) in [5.41, 5.74) is 3.66. The minimum atomic E-state index is 0.0234. The van der Waals surface area contributed by atoms with E-state index < -0.39 is 0 Å². The fourth-order valence-electron chi connectivity index (χ4n) is 2.47. The maximum atomic E-state index is 9.34. The molecule has 1 atom stereocenters. The highest BCUT2D eigenvalue weighted by molar-refractivity contribution is 5.97. The van der Waals surface area contributed by atoms with Crippen LogP contribution in [0.1, 0.15) is 63.0 Å². The van der Waals surface area contributed by atoms with Gasteiger partial charge in [0.1, 0.15) is 11.5 Å². The highest BCUT2D eigenvalue weighted by Crippen LogP contribution is 2.25. The molecule has 4 heteroatoms. The Balaban J connectivity index is 0.00000146. The van der Waals surface area contributed by atoms with Crippen LogP contribution in [0.5, 0.6) is 0 Å². The van der Waals surface area contributed by atoms with Crippen LogP contribution in [0.2, 0.25) is 0 Å². The van der Waals surface area contributed by atoms with Gasteiger partial charge in [0.15, 0.2) is 0 Å². The monoisotopic (exact) mass is 352 g/mol. The van der Waals surface area contributed by atoms with Gasteiger partial charge in [-0.05, 0) is 37.6 Å². The standard InChI is InChI=1S/C18H20N4.2C2H6/c1-13-8-9-15(12-19)16(11-13)14(2)22(4)18(20-3)17-7-5-6-10-21-17;2*1-2/h5-11,14H,1-4H3;2*1-2H3. The van der Waals surface area contributed by atoms with Crippen LogP contribution in [-0.2, 0) is 0 Å². The molecule has 0 saturated carbocycles. The van der Waals surface area contributed by atoms with Crippen molar-refractivity contribution >= 4 is 5.84 Å². The van der Waals surface area contributed by atoms with Gasteiger partial charge in [-0.15, -0.1) is 0 Å². The smallest absolute Gasteiger partial charge is 0.149 e. The van der Waals surface area contributed by atoms with Gasteiger partial charge in [0.25, 0.3) is 0 Å². The van der Waals surface area contributed by atoms with Gasteiger partial charge in [-0.25, -0.2) is 0 Å². The van der Waals surface area contributed by atoms with E-state index in [1.807, 2.05) is 72.0 Å². The number of aryl methyl sites for hydroxylation is 1. The fraction of sp³-hybridized carbons (Fsp3) is 0.409. The van der Waals surface area contributed by atoms with Gasteiger partial charge in [-0.3, -0.25) is 9.98 Å². The quantitative estimate of drug-likeness (QED) is 0.550. The lowest BCUT2D eigenvalue weighted by atomic mass is 9.98. The van der Waals surface area contributed by atoms with Gasteiger partial charge < -0.3 is 4.90 Å². The van der Waals surface area contributed by atoms with Crippen molar-refractivity contribution in [2.75, 3.05) is 14.1 Å². The van der Waals surface area contributed by atoms with Crippen molar-refractivity contribution in [3.05, 3.63) is 65.0 Å². The van der Waals surface area contributed by atoms with Crippen LogP contribution in [-0.4, -0.2) is 29.8 Å². The number of amidine groups is 1. The first-order valence-corrected chi connectivity index (χ1v) is 9.20. The minimum Gasteiger partial charge on any atom is -0.351 e. The van der Waals surface area contributed by atoms with E-state index in [1.165, 1.54) is 0 Å². The van der Waals surface area contributed by atoms with E-state index in [1.54, 1.807) is 13.2 Å². The molecule has 2 rings (SSSR count). The Kier molecular flexibility index (Phi) is 11.4. The van der Waals surface area contributed by atoms with E-state index in [2.05, 4.69) is 33.9 Å². The van der Waals surface area contributed by atoms with Crippen molar-refractivity contribution in [2.45, 2.75) is 47.6 Å². The van der Waals surface area contributed by atoms with E-state index in [-0.39, 0.29) is 6.04 Å². The molecule has 0 spiro atoms. The second kappa shape index (κ2) is 12.7. The minimum absolute atomic E-state index is 0.0234. The maximum Gasteiger partial charge on any atom is 0.149 e. The van der Waals surface area contributed by atoms with Crippen LogP contribution in [0.15, 0.2) is 47.6 Å². The summed E-state index contributed by atoms with van der Waals surface area (Å²) < 4.78 is 0. The second-order valence-corrected chi connectivity index (χ2v) is 5.25. The van der Waals surface area contributed by atoms with Crippen molar-refractivity contribution in [1.82, 2.24) is 9.88 Å². The van der Waals surface area contributed by atoms with Crippen LogP contribution in [0.25, 0.3) is 0 Å². The van der Waals surface area contributed by atoms with Crippen LogP contribution in [0.4, 0.5) is 0 Å². The molecule has 1 aromatic carbocycles. The molecule has 1 unspecified atom stereocenters. The number of hydrogen-bond acceptors (Lipinski definition) is 3. The maximum absolute atomic E-state index is 9.34. The lowest BCUT2D eigenvalue weighted by Crippen LogP contribution is -2.31. The Morgan fingerprint density at radius 3 is 2.31 bits per heavy atom. The lowest BCUT2D eigenvalue weighted by Gasteiger charge is -2.29. The number of benzene rings is 1. The topological polar surface area (TPSA) is 52.3 Å². The van der Waals surface area contributed by atoms with Crippen LogP contribution in [0, 0.1) is 18.3 Å². The first-order chi connectivity index (χ1) is 12.6. The number of rotatable bonds is 3. The molecule has 4 nitrogen and oxygen atoms in total. The van der Waals surface area contributed by atoms with Crippen LogP contribution >= 0.6 is 0 Å². The van der Waals surface area contributed by atoms with E-state index in [0.29, 0.717) is 5.56 Å². The number of hydrogen-bond donors (Lipinski definition) is 0. The molecule has 140 valence electrons. The Bertz CT molecular complexity index is 715. The summed E-state index contributed by atoms with van der Waals surface area (Å²) >= 11 is 0. The summed E-state index contributed by atoms with van der Waals surface area (Å²) in [6, 6.07) is 14.0. The number of aliphatic imine (C=N–C) groups is 1. The second-order valence-electron chi connectivity index (χ2n) is 5.25. The highest BCUT2D eigenvalue weighted by Gasteiger charge is 2.20. The third-order valence-corrected chi connectivity index (χ3v) is 3.80. The predicted octanol–water partition coefficient (Wildman–Crippen LogP) is 5.38. The molecule has 0 aliphatic rings. The van der Waals surface area contributed by atoms with Gasteiger partial charge in [-0.2, -0.15) is 5.26 Å². The largest absolute Gasteiger partial charge is 0.351 e. The molecule has 0 saturated heterocycles. The Morgan fingerprint density at radius 1 is 1.15 bits per heavy atom. The zero-order valence-corrected chi connectivity index (χ0v) is 17.4. The van der Waals surface area contributed by atoms with Gasteiger partial charge >= 0.3 is 0 Å². The van der Waals surface area contributed by atoms with Crippen LogP contribution < -0.4 is 0 Å². The molecule has 1 heterocycles. The third kappa shape index (κ3) is 6.00. The molecule has 2 aromatic rings. The first kappa shape index (κ1) is 23.3. The normalized spacial score (nSPS) is 11.1. The van der Waals surface area contributed by atoms with Crippen LogP contribution in [0.3, 0.4) is 0 Å². The molecule has 26 heavy (non-hydrogen) atoms. The van der Waals surface area contributed by atoms with E-state index in [9.17, 15) is 5.26 Å². The number of nitrogens with zero attached hydrogens (tertiary/aromatic N) is 4. The number of nitriles is 1. The highest BCUT2D eigenvalue weighted by atomic mass is 15.2. The summed E-state index contributed by atoms with van der Waals surface area (Å²) in [5, 5.41) is 9.34. The lowest BCUT2D eigenvalue weighted by molar-refractivity contribution is 0.401. The number of pyridine rings is 1. The molecule has 0 radical (unpaired) electrons. The molecule has 0 bridgehead atoms. The summed E-state index contributed by atoms with van der Waals surface area (Å²) in [7, 11) is 3.74. The molecule has 0 aliphatic carbocycles. The fourth-order valence-corrected chi connectivity index (χ4v) is 2.47. The van der Waals surface area contributed by atoms with Gasteiger partial charge in [0.05, 0.1) is 17.7 Å². The van der Waals surface area contributed by atoms with E-state index in [0.717, 1.165) is 22.7 Å². The van der Waals surface area contributed by atoms with E-state index >= 15 is 0 Å². The van der Waals surface area contributed by atoms with Crippen molar-refractivity contribution in [1.29, 1.82) is 5.26 Å². The van der Waals surface area contributed by atoms with Gasteiger partial charge in [-0.1, -0.05) is 51.5 Å². The Hall–Kier alpha value is -2.67.